The van der Waals surface area contributed by atoms with Crippen molar-refractivity contribution in [1.29, 1.82) is 5.26 Å². The molecular formula is C14H8Cl2FNO. The van der Waals surface area contributed by atoms with Gasteiger partial charge >= 0.3 is 0 Å². The highest BCUT2D eigenvalue weighted by atomic mass is 35.5. The molecule has 0 N–H and O–H groups in total. The number of rotatable bonds is 3. The van der Waals surface area contributed by atoms with Crippen LogP contribution in [0.5, 0.6) is 5.75 Å². The molecule has 0 bridgehead atoms. The van der Waals surface area contributed by atoms with Crippen LogP contribution in [0.15, 0.2) is 36.4 Å². The molecule has 0 aromatic heterocycles. The Morgan fingerprint density at radius 3 is 2.42 bits per heavy atom. The van der Waals surface area contributed by atoms with Crippen molar-refractivity contribution >= 4 is 23.2 Å². The van der Waals surface area contributed by atoms with Gasteiger partial charge in [-0.1, -0.05) is 29.3 Å². The first-order valence-corrected chi connectivity index (χ1v) is 6.11. The van der Waals surface area contributed by atoms with Gasteiger partial charge in [0.25, 0.3) is 0 Å². The average Bonchev–Trinajstić information content (AvgIpc) is 2.36. The molecule has 19 heavy (non-hydrogen) atoms. The summed E-state index contributed by atoms with van der Waals surface area (Å²) < 4.78 is 18.6. The van der Waals surface area contributed by atoms with E-state index in [4.69, 9.17) is 33.2 Å². The second-order valence-corrected chi connectivity index (χ2v) is 4.69. The molecule has 96 valence electrons. The smallest absolute Gasteiger partial charge is 0.140 e. The van der Waals surface area contributed by atoms with Gasteiger partial charge in [-0.25, -0.2) is 4.39 Å². The molecule has 2 rings (SSSR count). The van der Waals surface area contributed by atoms with Crippen molar-refractivity contribution in [2.75, 3.05) is 0 Å². The third-order valence-electron chi connectivity index (χ3n) is 2.39. The maximum atomic E-state index is 13.1. The molecule has 0 aliphatic carbocycles. The summed E-state index contributed by atoms with van der Waals surface area (Å²) in [5, 5.41) is 9.68. The molecule has 0 radical (unpaired) electrons. The summed E-state index contributed by atoms with van der Waals surface area (Å²) in [6.07, 6.45) is 0. The molecule has 0 saturated heterocycles. The van der Waals surface area contributed by atoms with E-state index >= 15 is 0 Å². The van der Waals surface area contributed by atoms with E-state index in [-0.39, 0.29) is 12.2 Å². The van der Waals surface area contributed by atoms with Crippen LogP contribution in [-0.4, -0.2) is 0 Å². The zero-order valence-corrected chi connectivity index (χ0v) is 11.2. The minimum atomic E-state index is -0.544. The second kappa shape index (κ2) is 5.92. The molecule has 2 aromatic rings. The standard InChI is InChI=1S/C14H8Cl2FNO/c15-11-4-12(16)6-13(5-11)19-8-9-1-2-14(17)10(3-9)7-18/h1-6H,8H2. The largest absolute Gasteiger partial charge is 0.489 e. The topological polar surface area (TPSA) is 33.0 Å². The van der Waals surface area contributed by atoms with Crippen molar-refractivity contribution < 1.29 is 9.13 Å². The van der Waals surface area contributed by atoms with Crippen molar-refractivity contribution in [2.45, 2.75) is 6.61 Å². The van der Waals surface area contributed by atoms with Crippen LogP contribution in [0.2, 0.25) is 10.0 Å². The van der Waals surface area contributed by atoms with Crippen molar-refractivity contribution in [3.05, 3.63) is 63.4 Å². The molecule has 0 spiro atoms. The normalized spacial score (nSPS) is 10.0. The Hall–Kier alpha value is -1.76. The summed E-state index contributed by atoms with van der Waals surface area (Å²) in [7, 11) is 0. The Kier molecular flexibility index (Phi) is 4.26. The molecule has 2 aromatic carbocycles. The summed E-state index contributed by atoms with van der Waals surface area (Å²) in [5.74, 6) is -0.0302. The van der Waals surface area contributed by atoms with Gasteiger partial charge in [0, 0.05) is 10.0 Å². The van der Waals surface area contributed by atoms with E-state index < -0.39 is 5.82 Å². The fourth-order valence-electron chi connectivity index (χ4n) is 1.53. The fraction of sp³-hybridized carbons (Fsp3) is 0.0714. The lowest BCUT2D eigenvalue weighted by atomic mass is 10.1. The minimum absolute atomic E-state index is 0.00905. The number of nitrogens with zero attached hydrogens (tertiary/aromatic N) is 1. The third-order valence-corrected chi connectivity index (χ3v) is 2.83. The van der Waals surface area contributed by atoms with E-state index in [1.807, 2.05) is 0 Å². The Labute approximate surface area is 119 Å². The van der Waals surface area contributed by atoms with Gasteiger partial charge in [0.1, 0.15) is 24.2 Å². The number of hydrogen-bond donors (Lipinski definition) is 0. The van der Waals surface area contributed by atoms with Crippen LogP contribution in [0.3, 0.4) is 0 Å². The van der Waals surface area contributed by atoms with Crippen LogP contribution < -0.4 is 4.74 Å². The van der Waals surface area contributed by atoms with Gasteiger partial charge in [-0.3, -0.25) is 0 Å². The molecule has 0 unspecified atom stereocenters. The molecule has 0 aliphatic rings. The zero-order valence-electron chi connectivity index (χ0n) is 9.66. The van der Waals surface area contributed by atoms with Crippen molar-refractivity contribution in [1.82, 2.24) is 0 Å². The highest BCUT2D eigenvalue weighted by Crippen LogP contribution is 2.25. The van der Waals surface area contributed by atoms with Crippen LogP contribution in [0.4, 0.5) is 4.39 Å². The summed E-state index contributed by atoms with van der Waals surface area (Å²) >= 11 is 11.7. The predicted octanol–water partition coefficient (Wildman–Crippen LogP) is 4.58. The molecule has 0 saturated carbocycles. The molecule has 0 fully saturated rings. The zero-order chi connectivity index (χ0) is 13.8. The summed E-state index contributed by atoms with van der Waals surface area (Å²) in [5.41, 5.74) is 0.680. The van der Waals surface area contributed by atoms with Gasteiger partial charge in [-0.2, -0.15) is 5.26 Å². The van der Waals surface area contributed by atoms with Crippen LogP contribution in [-0.2, 0) is 6.61 Å². The van der Waals surface area contributed by atoms with E-state index in [0.29, 0.717) is 21.4 Å². The van der Waals surface area contributed by atoms with Crippen molar-refractivity contribution in [3.63, 3.8) is 0 Å². The van der Waals surface area contributed by atoms with Gasteiger partial charge in [-0.15, -0.1) is 0 Å². The minimum Gasteiger partial charge on any atom is -0.489 e. The lowest BCUT2D eigenvalue weighted by Crippen LogP contribution is -1.97. The monoisotopic (exact) mass is 295 g/mol. The Bertz CT molecular complexity index is 632. The molecule has 0 atom stereocenters. The Morgan fingerprint density at radius 2 is 1.79 bits per heavy atom. The molecule has 5 heteroatoms. The van der Waals surface area contributed by atoms with Crippen molar-refractivity contribution in [2.24, 2.45) is 0 Å². The van der Waals surface area contributed by atoms with Gasteiger partial charge in [0.2, 0.25) is 0 Å². The molecule has 0 amide bonds. The molecule has 0 aliphatic heterocycles. The van der Waals surface area contributed by atoms with E-state index in [2.05, 4.69) is 0 Å². The van der Waals surface area contributed by atoms with E-state index in [1.165, 1.54) is 12.1 Å². The molecular weight excluding hydrogens is 288 g/mol. The van der Waals surface area contributed by atoms with E-state index in [1.54, 1.807) is 30.3 Å². The fourth-order valence-corrected chi connectivity index (χ4v) is 2.03. The number of halogens is 3. The van der Waals surface area contributed by atoms with Gasteiger partial charge in [0.05, 0.1) is 5.56 Å². The molecule has 2 nitrogen and oxygen atoms in total. The lowest BCUT2D eigenvalue weighted by molar-refractivity contribution is 0.306. The Balaban J connectivity index is 2.12. The number of ether oxygens (including phenoxy) is 1. The quantitative estimate of drug-likeness (QED) is 0.830. The predicted molar refractivity (Wildman–Crippen MR) is 71.9 cm³/mol. The van der Waals surface area contributed by atoms with Gasteiger partial charge < -0.3 is 4.74 Å². The number of hydrogen-bond acceptors (Lipinski definition) is 2. The summed E-state index contributed by atoms with van der Waals surface area (Å²) in [4.78, 5) is 0. The summed E-state index contributed by atoms with van der Waals surface area (Å²) in [6.45, 7) is 0.200. The Morgan fingerprint density at radius 1 is 1.11 bits per heavy atom. The van der Waals surface area contributed by atoms with Gasteiger partial charge in [-0.05, 0) is 35.9 Å². The SMILES string of the molecule is N#Cc1cc(COc2cc(Cl)cc(Cl)c2)ccc1F. The maximum Gasteiger partial charge on any atom is 0.140 e. The second-order valence-electron chi connectivity index (χ2n) is 3.82. The van der Waals surface area contributed by atoms with Crippen LogP contribution in [0.25, 0.3) is 0 Å². The van der Waals surface area contributed by atoms with Gasteiger partial charge in [0.15, 0.2) is 0 Å². The maximum absolute atomic E-state index is 13.1. The first kappa shape index (κ1) is 13.7. The highest BCUT2D eigenvalue weighted by molar-refractivity contribution is 6.34. The summed E-state index contributed by atoms with van der Waals surface area (Å²) in [6, 6.07) is 10.9. The van der Waals surface area contributed by atoms with Crippen LogP contribution in [0, 0.1) is 17.1 Å². The average molecular weight is 296 g/mol. The van der Waals surface area contributed by atoms with E-state index in [9.17, 15) is 4.39 Å². The van der Waals surface area contributed by atoms with Crippen molar-refractivity contribution in [3.8, 4) is 11.8 Å². The number of nitriles is 1. The third kappa shape index (κ3) is 3.60. The van der Waals surface area contributed by atoms with E-state index in [0.717, 1.165) is 0 Å². The number of benzene rings is 2. The first-order chi connectivity index (χ1) is 9.08. The lowest BCUT2D eigenvalue weighted by Gasteiger charge is -2.07. The molecule has 0 heterocycles. The highest BCUT2D eigenvalue weighted by Gasteiger charge is 2.04. The van der Waals surface area contributed by atoms with Crippen LogP contribution in [0.1, 0.15) is 11.1 Å². The van der Waals surface area contributed by atoms with Crippen LogP contribution >= 0.6 is 23.2 Å². The first-order valence-electron chi connectivity index (χ1n) is 5.36.